The van der Waals surface area contributed by atoms with E-state index < -0.39 is 0 Å². The quantitative estimate of drug-likeness (QED) is 0.460. The predicted octanol–water partition coefficient (Wildman–Crippen LogP) is -0.615. The van der Waals surface area contributed by atoms with Gasteiger partial charge in [-0.15, -0.1) is 0 Å². The van der Waals surface area contributed by atoms with Crippen LogP contribution in [0.5, 0.6) is 0 Å². The van der Waals surface area contributed by atoms with Crippen LogP contribution in [0.4, 0.5) is 0 Å². The standard InChI is InChI=1S/C6H7NO3Se/c1-4(11)10-7-5(8)2-3-6(7)9/h2-3H2,1H3. The first-order valence-electron chi connectivity index (χ1n) is 3.15. The van der Waals surface area contributed by atoms with Crippen molar-refractivity contribution >= 4 is 32.0 Å². The average Bonchev–Trinajstić information content (AvgIpc) is 2.18. The zero-order chi connectivity index (χ0) is 8.43. The number of nitrogens with zero attached hydrogens (tertiary/aromatic N) is 1. The van der Waals surface area contributed by atoms with Crippen molar-refractivity contribution in [1.29, 1.82) is 0 Å². The van der Waals surface area contributed by atoms with Crippen LogP contribution < -0.4 is 0 Å². The second-order valence-corrected chi connectivity index (χ2v) is 3.37. The molecule has 1 fully saturated rings. The number of hydrogen-bond donors (Lipinski definition) is 0. The van der Waals surface area contributed by atoms with E-state index in [1.807, 2.05) is 0 Å². The summed E-state index contributed by atoms with van der Waals surface area (Å²) in [6, 6.07) is 0. The molecule has 0 aromatic rings. The Morgan fingerprint density at radius 1 is 1.45 bits per heavy atom. The topological polar surface area (TPSA) is 46.6 Å². The van der Waals surface area contributed by atoms with Gasteiger partial charge in [0.05, 0.1) is 0 Å². The summed E-state index contributed by atoms with van der Waals surface area (Å²) in [5, 5.41) is 0.797. The van der Waals surface area contributed by atoms with Crippen molar-refractivity contribution in [2.24, 2.45) is 0 Å². The molecule has 1 aliphatic rings. The molecule has 1 saturated heterocycles. The molecule has 0 unspecified atom stereocenters. The van der Waals surface area contributed by atoms with E-state index in [0.29, 0.717) is 4.60 Å². The van der Waals surface area contributed by atoms with Crippen molar-refractivity contribution in [3.8, 4) is 0 Å². The molecule has 1 heterocycles. The normalized spacial score (nSPS) is 17.4. The van der Waals surface area contributed by atoms with Crippen LogP contribution in [0.2, 0.25) is 0 Å². The van der Waals surface area contributed by atoms with Crippen molar-refractivity contribution in [1.82, 2.24) is 5.06 Å². The molecule has 0 bridgehead atoms. The molecule has 1 rings (SSSR count). The van der Waals surface area contributed by atoms with Gasteiger partial charge in [0.15, 0.2) is 0 Å². The van der Waals surface area contributed by atoms with E-state index in [0.717, 1.165) is 5.06 Å². The molecular formula is C6H7NO3Se. The number of carbonyl (C=O) groups excluding carboxylic acids is 2. The number of amides is 2. The molecule has 0 aliphatic carbocycles. The molecule has 4 nitrogen and oxygen atoms in total. The van der Waals surface area contributed by atoms with Crippen molar-refractivity contribution in [2.75, 3.05) is 0 Å². The summed E-state index contributed by atoms with van der Waals surface area (Å²) in [5.41, 5.74) is 0. The van der Waals surface area contributed by atoms with Crippen LogP contribution in [0.3, 0.4) is 0 Å². The number of hydroxylamine groups is 2. The van der Waals surface area contributed by atoms with Gasteiger partial charge in [-0.1, -0.05) is 0 Å². The molecule has 60 valence electrons. The van der Waals surface area contributed by atoms with Crippen molar-refractivity contribution in [3.63, 3.8) is 0 Å². The number of hydrogen-bond acceptors (Lipinski definition) is 3. The van der Waals surface area contributed by atoms with E-state index in [9.17, 15) is 9.59 Å². The molecule has 0 N–H and O–H groups in total. The van der Waals surface area contributed by atoms with Gasteiger partial charge in [0.25, 0.3) is 0 Å². The van der Waals surface area contributed by atoms with Gasteiger partial charge < -0.3 is 0 Å². The Kier molecular flexibility index (Phi) is 2.41. The van der Waals surface area contributed by atoms with Crippen LogP contribution in [0, 0.1) is 0 Å². The van der Waals surface area contributed by atoms with Crippen LogP contribution in [-0.4, -0.2) is 37.1 Å². The van der Waals surface area contributed by atoms with E-state index >= 15 is 0 Å². The molecule has 5 heteroatoms. The second-order valence-electron chi connectivity index (χ2n) is 2.16. The van der Waals surface area contributed by atoms with Gasteiger partial charge in [-0.05, 0) is 0 Å². The zero-order valence-electron chi connectivity index (χ0n) is 5.99. The van der Waals surface area contributed by atoms with Crippen LogP contribution in [0.25, 0.3) is 0 Å². The molecule has 11 heavy (non-hydrogen) atoms. The summed E-state index contributed by atoms with van der Waals surface area (Å²) >= 11 is 2.56. The number of imide groups is 1. The van der Waals surface area contributed by atoms with Gasteiger partial charge in [-0.25, -0.2) is 0 Å². The second kappa shape index (κ2) is 3.15. The maximum atomic E-state index is 10.9. The van der Waals surface area contributed by atoms with Crippen LogP contribution in [0.1, 0.15) is 19.8 Å². The third kappa shape index (κ3) is 1.88. The Morgan fingerprint density at radius 2 is 1.91 bits per heavy atom. The Bertz CT molecular complexity index is 210. The summed E-state index contributed by atoms with van der Waals surface area (Å²) in [4.78, 5) is 26.6. The molecule has 0 aromatic heterocycles. The third-order valence-corrected chi connectivity index (χ3v) is 1.38. The van der Waals surface area contributed by atoms with E-state index in [1.54, 1.807) is 6.92 Å². The maximum absolute atomic E-state index is 10.9. The van der Waals surface area contributed by atoms with Crippen molar-refractivity contribution in [2.45, 2.75) is 19.8 Å². The Balaban J connectivity index is 2.62. The minimum absolute atomic E-state index is 0.256. The monoisotopic (exact) mass is 221 g/mol. The number of carbonyl (C=O) groups is 2. The molecular weight excluding hydrogens is 213 g/mol. The molecule has 1 aliphatic heterocycles. The zero-order valence-corrected chi connectivity index (χ0v) is 7.71. The predicted molar refractivity (Wildman–Crippen MR) is 38.6 cm³/mol. The summed E-state index contributed by atoms with van der Waals surface area (Å²) in [7, 11) is 0. The first-order valence-corrected chi connectivity index (χ1v) is 4.01. The van der Waals surface area contributed by atoms with Gasteiger partial charge >= 0.3 is 71.2 Å². The molecule has 0 radical (unpaired) electrons. The minimum atomic E-state index is -0.274. The van der Waals surface area contributed by atoms with E-state index in [4.69, 9.17) is 4.84 Å². The molecule has 0 atom stereocenters. The Labute approximate surface area is 71.8 Å². The summed E-state index contributed by atoms with van der Waals surface area (Å²) in [6.07, 6.45) is 0.512. The summed E-state index contributed by atoms with van der Waals surface area (Å²) < 4.78 is 0.466. The van der Waals surface area contributed by atoms with E-state index in [2.05, 4.69) is 15.6 Å². The first-order chi connectivity index (χ1) is 5.11. The fourth-order valence-corrected chi connectivity index (χ4v) is 0.943. The molecule has 0 saturated carbocycles. The van der Waals surface area contributed by atoms with Gasteiger partial charge in [-0.2, -0.15) is 0 Å². The van der Waals surface area contributed by atoms with Gasteiger partial charge in [0.1, 0.15) is 0 Å². The van der Waals surface area contributed by atoms with E-state index in [1.165, 1.54) is 0 Å². The molecule has 0 aromatic carbocycles. The SMILES string of the molecule is CC(=[Se])ON1C(=O)CCC1=O. The van der Waals surface area contributed by atoms with Crippen LogP contribution >= 0.6 is 0 Å². The fourth-order valence-electron chi connectivity index (χ4n) is 0.786. The molecule has 0 spiro atoms. The van der Waals surface area contributed by atoms with E-state index in [-0.39, 0.29) is 24.7 Å². The van der Waals surface area contributed by atoms with Gasteiger partial charge in [-0.3, -0.25) is 0 Å². The average molecular weight is 220 g/mol. The van der Waals surface area contributed by atoms with Crippen LogP contribution in [-0.2, 0) is 14.4 Å². The van der Waals surface area contributed by atoms with Crippen molar-refractivity contribution < 1.29 is 14.4 Å². The first kappa shape index (κ1) is 8.43. The number of rotatable bonds is 2. The van der Waals surface area contributed by atoms with Gasteiger partial charge in [0, 0.05) is 0 Å². The third-order valence-electron chi connectivity index (χ3n) is 1.23. The van der Waals surface area contributed by atoms with Crippen molar-refractivity contribution in [3.05, 3.63) is 0 Å². The molecule has 2 amide bonds. The summed E-state index contributed by atoms with van der Waals surface area (Å²) in [5.74, 6) is -0.547. The van der Waals surface area contributed by atoms with Crippen LogP contribution in [0.15, 0.2) is 0 Å². The Morgan fingerprint density at radius 3 is 2.27 bits per heavy atom. The summed E-state index contributed by atoms with van der Waals surface area (Å²) in [6.45, 7) is 1.64. The van der Waals surface area contributed by atoms with Gasteiger partial charge in [0.2, 0.25) is 0 Å². The Hall–Kier alpha value is -0.671. The fraction of sp³-hybridized carbons (Fsp3) is 0.500.